The van der Waals surface area contributed by atoms with Gasteiger partial charge in [0.05, 0.1) is 23.1 Å². The molecule has 0 spiro atoms. The molecule has 1 aliphatic carbocycles. The Morgan fingerprint density at radius 3 is 1.03 bits per heavy atom. The highest BCUT2D eigenvalue weighted by Crippen LogP contribution is 2.44. The minimum Gasteiger partial charge on any atom is -0.493 e. The highest BCUT2D eigenvalue weighted by Gasteiger charge is 2.29. The largest absolute Gasteiger partial charge is 0.493 e. The SMILES string of the molecule is C=CCOc1c2cc([N+](=O)[O-])cc1Cc1cc(C(C)(C)C)cc(c1OCCCCN)Cc1cc([N+](=O)[O-])cc(c1OCC=C)Cc1cc(C(C)(C)C)cc(c1OCCCCN)C2. The lowest BCUT2D eigenvalue weighted by atomic mass is 9.81. The molecule has 4 aromatic carbocycles. The van der Waals surface area contributed by atoms with Gasteiger partial charge in [-0.3, -0.25) is 20.2 Å². The van der Waals surface area contributed by atoms with Crippen LogP contribution in [0.25, 0.3) is 0 Å². The smallest absolute Gasteiger partial charge is 0.270 e. The Kier molecular flexibility index (Phi) is 16.0. The standard InChI is InChI=1S/C50H64N4O8/c1-9-17-59-47-37-21-33-25-41(49(3,4)5)27-35(45(33)61-19-13-11-15-51)23-39-31-44(54(57)58)32-40(48(39)60-18-10-2)24-36-28-42(50(6,7)8)26-34(46(36)62-20-14-12-16-52)22-38(47)30-43(29-37)53(55)56/h9-10,25-32H,1-2,11-24,51-52H2,3-8H3. The van der Waals surface area contributed by atoms with Crippen molar-refractivity contribution in [3.05, 3.63) is 150 Å². The normalized spacial score (nSPS) is 12.6. The molecular weight excluding hydrogens is 785 g/mol. The van der Waals surface area contributed by atoms with Gasteiger partial charge in [0.15, 0.2) is 0 Å². The summed E-state index contributed by atoms with van der Waals surface area (Å²) < 4.78 is 26.5. The van der Waals surface area contributed by atoms with Crippen molar-refractivity contribution in [2.45, 2.75) is 104 Å². The average Bonchev–Trinajstić information content (AvgIpc) is 3.20. The van der Waals surface area contributed by atoms with Crippen molar-refractivity contribution in [1.82, 2.24) is 0 Å². The fraction of sp³-hybridized carbons (Fsp3) is 0.440. The number of nitro groups is 2. The first-order valence-electron chi connectivity index (χ1n) is 21.5. The summed E-state index contributed by atoms with van der Waals surface area (Å²) in [5.74, 6) is 2.25. The summed E-state index contributed by atoms with van der Waals surface area (Å²) in [6.07, 6.45) is 7.11. The number of unbranched alkanes of at least 4 members (excludes halogenated alkanes) is 2. The van der Waals surface area contributed by atoms with Crippen molar-refractivity contribution in [2.75, 3.05) is 39.5 Å². The lowest BCUT2D eigenvalue weighted by Gasteiger charge is -2.27. The van der Waals surface area contributed by atoms with Crippen LogP contribution < -0.4 is 30.4 Å². The molecule has 0 unspecified atom stereocenters. The second-order valence-electron chi connectivity index (χ2n) is 18.0. The van der Waals surface area contributed by atoms with E-state index in [9.17, 15) is 20.2 Å². The summed E-state index contributed by atoms with van der Waals surface area (Å²) in [4.78, 5) is 24.8. The Hall–Kier alpha value is -5.72. The van der Waals surface area contributed by atoms with E-state index in [2.05, 4.69) is 79.0 Å². The molecule has 0 fully saturated rings. The molecule has 0 aromatic heterocycles. The van der Waals surface area contributed by atoms with E-state index >= 15 is 0 Å². The maximum atomic E-state index is 12.8. The predicted molar refractivity (Wildman–Crippen MR) is 247 cm³/mol. The summed E-state index contributed by atoms with van der Waals surface area (Å²) >= 11 is 0. The van der Waals surface area contributed by atoms with Crippen LogP contribution in [0.4, 0.5) is 11.4 Å². The third kappa shape index (κ3) is 11.8. The van der Waals surface area contributed by atoms with Crippen LogP contribution in [-0.2, 0) is 36.5 Å². The van der Waals surface area contributed by atoms with Crippen LogP contribution in [0.15, 0.2) is 73.8 Å². The molecule has 0 saturated carbocycles. The van der Waals surface area contributed by atoms with Gasteiger partial charge in [-0.2, -0.15) is 0 Å². The van der Waals surface area contributed by atoms with Gasteiger partial charge < -0.3 is 30.4 Å². The molecule has 5 rings (SSSR count). The Morgan fingerprint density at radius 2 is 0.790 bits per heavy atom. The summed E-state index contributed by atoms with van der Waals surface area (Å²) in [7, 11) is 0. The number of hydrogen-bond acceptors (Lipinski definition) is 10. The van der Waals surface area contributed by atoms with Crippen molar-refractivity contribution in [3.63, 3.8) is 0 Å². The topological polar surface area (TPSA) is 175 Å². The third-order valence-corrected chi connectivity index (χ3v) is 11.0. The van der Waals surface area contributed by atoms with Crippen molar-refractivity contribution in [3.8, 4) is 23.0 Å². The van der Waals surface area contributed by atoms with E-state index in [-0.39, 0.29) is 70.9 Å². The molecule has 0 aliphatic heterocycles. The van der Waals surface area contributed by atoms with Crippen LogP contribution in [0.5, 0.6) is 23.0 Å². The lowest BCUT2D eigenvalue weighted by Crippen LogP contribution is -2.16. The second-order valence-corrected chi connectivity index (χ2v) is 18.0. The summed E-state index contributed by atoms with van der Waals surface area (Å²) in [6.45, 7) is 22.6. The molecule has 0 heterocycles. The van der Waals surface area contributed by atoms with Crippen molar-refractivity contribution in [1.29, 1.82) is 0 Å². The van der Waals surface area contributed by atoms with Gasteiger partial charge in [-0.25, -0.2) is 0 Å². The molecule has 0 radical (unpaired) electrons. The molecule has 0 atom stereocenters. The number of rotatable bonds is 18. The maximum absolute atomic E-state index is 12.8. The van der Waals surface area contributed by atoms with E-state index in [1.807, 2.05) is 0 Å². The highest BCUT2D eigenvalue weighted by molar-refractivity contribution is 5.61. The summed E-state index contributed by atoms with van der Waals surface area (Å²) in [5.41, 5.74) is 18.6. The van der Waals surface area contributed by atoms with Gasteiger partial charge in [0.1, 0.15) is 36.2 Å². The first-order chi connectivity index (χ1) is 29.5. The molecule has 332 valence electrons. The monoisotopic (exact) mass is 848 g/mol. The Labute approximate surface area is 366 Å². The zero-order chi connectivity index (χ0) is 45.2. The Morgan fingerprint density at radius 1 is 0.516 bits per heavy atom. The maximum Gasteiger partial charge on any atom is 0.270 e. The zero-order valence-electron chi connectivity index (χ0n) is 37.4. The number of nitrogens with two attached hydrogens (primary N) is 2. The van der Waals surface area contributed by atoms with E-state index < -0.39 is 0 Å². The van der Waals surface area contributed by atoms with Gasteiger partial charge in [0.25, 0.3) is 11.4 Å². The highest BCUT2D eigenvalue weighted by atomic mass is 16.6. The molecular formula is C50H64N4O8. The Balaban J connectivity index is 1.97. The lowest BCUT2D eigenvalue weighted by molar-refractivity contribution is -0.385. The van der Waals surface area contributed by atoms with Crippen molar-refractivity contribution >= 4 is 11.4 Å². The fourth-order valence-electron chi connectivity index (χ4n) is 7.80. The van der Waals surface area contributed by atoms with Gasteiger partial charge in [0, 0.05) is 72.2 Å². The van der Waals surface area contributed by atoms with Crippen LogP contribution in [0.1, 0.15) is 123 Å². The first-order valence-corrected chi connectivity index (χ1v) is 21.5. The van der Waals surface area contributed by atoms with E-state index in [4.69, 9.17) is 30.4 Å². The van der Waals surface area contributed by atoms with E-state index in [0.717, 1.165) is 46.2 Å². The number of benzene rings is 4. The van der Waals surface area contributed by atoms with Gasteiger partial charge in [-0.05, 0) is 83.0 Å². The fourth-order valence-corrected chi connectivity index (χ4v) is 7.80. The third-order valence-electron chi connectivity index (χ3n) is 11.0. The van der Waals surface area contributed by atoms with Crippen molar-refractivity contribution in [2.24, 2.45) is 11.5 Å². The van der Waals surface area contributed by atoms with Gasteiger partial charge >= 0.3 is 0 Å². The molecule has 1 aliphatic rings. The Bertz CT molecular complexity index is 2010. The first kappa shape index (κ1) is 47.3. The number of nitrogens with zero attached hydrogens (tertiary/aromatic N) is 2. The molecule has 4 N–H and O–H groups in total. The van der Waals surface area contributed by atoms with E-state index in [0.29, 0.717) is 84.4 Å². The molecule has 0 saturated heterocycles. The van der Waals surface area contributed by atoms with Crippen LogP contribution in [-0.4, -0.2) is 49.4 Å². The summed E-state index contributed by atoms with van der Waals surface area (Å²) in [5, 5.41) is 25.6. The molecule has 0 amide bonds. The average molecular weight is 849 g/mol. The predicted octanol–water partition coefficient (Wildman–Crippen LogP) is 10.1. The van der Waals surface area contributed by atoms with Crippen LogP contribution in [0.3, 0.4) is 0 Å². The van der Waals surface area contributed by atoms with E-state index in [1.54, 1.807) is 36.4 Å². The minimum atomic E-state index is -0.366. The van der Waals surface area contributed by atoms with Crippen molar-refractivity contribution < 1.29 is 28.8 Å². The number of non-ortho nitro benzene ring substituents is 2. The second kappa shape index (κ2) is 20.9. The molecule has 12 nitrogen and oxygen atoms in total. The molecule has 8 bridgehead atoms. The molecule has 4 aromatic rings. The van der Waals surface area contributed by atoms with Gasteiger partial charge in [-0.1, -0.05) is 91.1 Å². The van der Waals surface area contributed by atoms with Crippen LogP contribution in [0.2, 0.25) is 0 Å². The van der Waals surface area contributed by atoms with Crippen LogP contribution in [0, 0.1) is 20.2 Å². The minimum absolute atomic E-state index is 0.0661. The quantitative estimate of drug-likeness (QED) is 0.0374. The zero-order valence-corrected chi connectivity index (χ0v) is 37.4. The van der Waals surface area contributed by atoms with Crippen LogP contribution >= 0.6 is 0 Å². The summed E-state index contributed by atoms with van der Waals surface area (Å²) in [6, 6.07) is 14.7. The molecule has 12 heteroatoms. The van der Waals surface area contributed by atoms with Gasteiger partial charge in [0.2, 0.25) is 0 Å². The number of nitro benzene ring substituents is 2. The molecule has 62 heavy (non-hydrogen) atoms. The number of ether oxygens (including phenoxy) is 4. The van der Waals surface area contributed by atoms with E-state index in [1.165, 1.54) is 0 Å². The number of hydrogen-bond donors (Lipinski definition) is 2. The van der Waals surface area contributed by atoms with Gasteiger partial charge in [-0.15, -0.1) is 0 Å². The number of fused-ring (bicyclic) bond motifs is 8.